The molecule has 10 heteroatoms. The third-order valence-corrected chi connectivity index (χ3v) is 5.06. The van der Waals surface area contributed by atoms with Gasteiger partial charge in [-0.05, 0) is 19.1 Å². The van der Waals surface area contributed by atoms with Crippen LogP contribution in [0.3, 0.4) is 0 Å². The minimum atomic E-state index is -0.723. The van der Waals surface area contributed by atoms with E-state index in [9.17, 15) is 14.4 Å². The summed E-state index contributed by atoms with van der Waals surface area (Å²) in [6, 6.07) is 9.07. The molecule has 0 saturated carbocycles. The summed E-state index contributed by atoms with van der Waals surface area (Å²) in [6.07, 6.45) is 1.67. The Morgan fingerprint density at radius 3 is 2.73 bits per heavy atom. The molecule has 0 spiro atoms. The molecule has 1 aromatic carbocycles. The molecule has 2 heterocycles. The number of carbonyl (C=O) groups excluding carboxylic acids is 2. The minimum absolute atomic E-state index is 0.0988. The quantitative estimate of drug-likeness (QED) is 0.422. The van der Waals surface area contributed by atoms with Gasteiger partial charge in [0.1, 0.15) is 5.69 Å². The van der Waals surface area contributed by atoms with Crippen molar-refractivity contribution in [2.45, 2.75) is 6.92 Å². The number of rotatable bonds is 8. The van der Waals surface area contributed by atoms with Crippen molar-refractivity contribution in [1.82, 2.24) is 14.3 Å². The number of nitrogens with one attached hydrogen (secondary N) is 2. The summed E-state index contributed by atoms with van der Waals surface area (Å²) in [4.78, 5) is 41.2. The highest BCUT2D eigenvalue weighted by molar-refractivity contribution is 7.13. The minimum Gasteiger partial charge on any atom is -0.451 e. The van der Waals surface area contributed by atoms with Gasteiger partial charge in [-0.15, -0.1) is 17.9 Å². The van der Waals surface area contributed by atoms with Gasteiger partial charge >= 0.3 is 5.97 Å². The van der Waals surface area contributed by atoms with Crippen LogP contribution in [0.25, 0.3) is 5.69 Å². The number of amides is 1. The van der Waals surface area contributed by atoms with Gasteiger partial charge < -0.3 is 15.4 Å². The topological polar surface area (TPSA) is 107 Å². The van der Waals surface area contributed by atoms with Gasteiger partial charge in [0.05, 0.1) is 11.4 Å². The second kappa shape index (κ2) is 9.23. The molecule has 0 atom stereocenters. The van der Waals surface area contributed by atoms with Crippen LogP contribution in [0.2, 0.25) is 0 Å². The third kappa shape index (κ3) is 4.49. The van der Waals surface area contributed by atoms with Crippen LogP contribution in [0.4, 0.5) is 10.8 Å². The average molecular weight is 427 g/mol. The van der Waals surface area contributed by atoms with Gasteiger partial charge in [0.25, 0.3) is 11.5 Å². The lowest BCUT2D eigenvalue weighted by molar-refractivity contribution is -0.119. The number of esters is 1. The van der Waals surface area contributed by atoms with Crippen molar-refractivity contribution in [2.75, 3.05) is 23.8 Å². The normalized spacial score (nSPS) is 10.5. The molecule has 0 bridgehead atoms. The monoisotopic (exact) mass is 427 g/mol. The van der Waals surface area contributed by atoms with Crippen molar-refractivity contribution >= 4 is 34.0 Å². The second-order valence-corrected chi connectivity index (χ2v) is 7.13. The maximum atomic E-state index is 12.8. The number of hydrogen-bond donors (Lipinski definition) is 2. The Labute approximate surface area is 176 Å². The van der Waals surface area contributed by atoms with Crippen LogP contribution in [-0.4, -0.2) is 39.4 Å². The second-order valence-electron chi connectivity index (χ2n) is 6.27. The van der Waals surface area contributed by atoms with E-state index < -0.39 is 18.5 Å². The summed E-state index contributed by atoms with van der Waals surface area (Å²) >= 11 is 1.24. The zero-order valence-electron chi connectivity index (χ0n) is 16.5. The lowest BCUT2D eigenvalue weighted by Crippen LogP contribution is -2.26. The highest BCUT2D eigenvalue weighted by Crippen LogP contribution is 2.16. The molecule has 0 aliphatic rings. The Morgan fingerprint density at radius 2 is 2.03 bits per heavy atom. The lowest BCUT2D eigenvalue weighted by Gasteiger charge is -2.07. The maximum absolute atomic E-state index is 12.8. The molecule has 9 nitrogen and oxygen atoms in total. The van der Waals surface area contributed by atoms with Crippen molar-refractivity contribution in [3.05, 3.63) is 70.1 Å². The molecule has 1 amide bonds. The summed E-state index contributed by atoms with van der Waals surface area (Å²) in [5, 5.41) is 7.58. The van der Waals surface area contributed by atoms with E-state index in [4.69, 9.17) is 4.74 Å². The fourth-order valence-electron chi connectivity index (χ4n) is 2.70. The molecule has 30 heavy (non-hydrogen) atoms. The molecular formula is C20H21N5O4S. The molecule has 3 rings (SSSR count). The fraction of sp³-hybridized carbons (Fsp3) is 0.200. The van der Waals surface area contributed by atoms with Crippen LogP contribution in [-0.2, 0) is 16.6 Å². The molecule has 156 valence electrons. The number of nitrogens with zero attached hydrogens (tertiary/aromatic N) is 3. The molecule has 0 aliphatic heterocycles. The van der Waals surface area contributed by atoms with Gasteiger partial charge in [-0.2, -0.15) is 0 Å². The van der Waals surface area contributed by atoms with Crippen molar-refractivity contribution in [1.29, 1.82) is 0 Å². The van der Waals surface area contributed by atoms with E-state index in [-0.39, 0.29) is 16.9 Å². The summed E-state index contributed by atoms with van der Waals surface area (Å²) in [5.74, 6) is -1.34. The Hall–Kier alpha value is -3.66. The SMILES string of the molecule is C=CCNc1nc(C(=O)OCC(=O)Nc2c(C)n(C)n(-c3ccccc3)c2=O)cs1. The van der Waals surface area contributed by atoms with E-state index in [2.05, 4.69) is 22.2 Å². The number of carbonyl (C=O) groups is 2. The standard InChI is InChI=1S/C20H21N5O4S/c1-4-10-21-20-22-15(12-30-20)19(28)29-11-16(26)23-17-13(2)24(3)25(18(17)27)14-8-6-5-7-9-14/h4-9,12H,1,10-11H2,2-3H3,(H,21,22)(H,23,26). The number of benzene rings is 1. The molecule has 0 saturated heterocycles. The summed E-state index contributed by atoms with van der Waals surface area (Å²) < 4.78 is 8.10. The highest BCUT2D eigenvalue weighted by Gasteiger charge is 2.19. The van der Waals surface area contributed by atoms with Gasteiger partial charge in [0, 0.05) is 19.0 Å². The van der Waals surface area contributed by atoms with Crippen molar-refractivity contribution in [3.63, 3.8) is 0 Å². The van der Waals surface area contributed by atoms with Crippen LogP contribution in [0.1, 0.15) is 16.2 Å². The first-order valence-corrected chi connectivity index (χ1v) is 9.91. The Bertz CT molecular complexity index is 1130. The number of aromatic nitrogens is 3. The summed E-state index contributed by atoms with van der Waals surface area (Å²) in [6.45, 7) is 5.29. The van der Waals surface area contributed by atoms with E-state index in [0.29, 0.717) is 23.1 Å². The molecular weight excluding hydrogens is 406 g/mol. The van der Waals surface area contributed by atoms with E-state index in [1.807, 2.05) is 18.2 Å². The van der Waals surface area contributed by atoms with Crippen molar-refractivity contribution < 1.29 is 14.3 Å². The van der Waals surface area contributed by atoms with E-state index >= 15 is 0 Å². The van der Waals surface area contributed by atoms with Crippen LogP contribution in [0.15, 0.2) is 53.2 Å². The zero-order valence-corrected chi connectivity index (χ0v) is 17.4. The van der Waals surface area contributed by atoms with E-state index in [1.165, 1.54) is 21.4 Å². The number of hydrogen-bond acceptors (Lipinski definition) is 7. The number of thiazole rings is 1. The molecule has 0 unspecified atom stereocenters. The predicted molar refractivity (Wildman–Crippen MR) is 115 cm³/mol. The molecule has 0 fully saturated rings. The zero-order chi connectivity index (χ0) is 21.7. The molecule has 0 radical (unpaired) electrons. The average Bonchev–Trinajstić information content (AvgIpc) is 3.30. The number of anilines is 2. The predicted octanol–water partition coefficient (Wildman–Crippen LogP) is 2.33. The van der Waals surface area contributed by atoms with Crippen LogP contribution in [0, 0.1) is 6.92 Å². The Kier molecular flexibility index (Phi) is 6.48. The van der Waals surface area contributed by atoms with Gasteiger partial charge in [-0.1, -0.05) is 24.3 Å². The lowest BCUT2D eigenvalue weighted by atomic mass is 10.3. The number of ether oxygens (including phenoxy) is 1. The Morgan fingerprint density at radius 1 is 1.30 bits per heavy atom. The van der Waals surface area contributed by atoms with Crippen molar-refractivity contribution in [2.24, 2.45) is 7.05 Å². The summed E-state index contributed by atoms with van der Waals surface area (Å²) in [5.41, 5.74) is 1.09. The van der Waals surface area contributed by atoms with Gasteiger partial charge in [0.15, 0.2) is 17.4 Å². The largest absolute Gasteiger partial charge is 0.451 e. The molecule has 3 aromatic rings. The number of para-hydroxylation sites is 1. The first kappa shape index (κ1) is 21.1. The molecule has 0 aliphatic carbocycles. The first-order valence-electron chi connectivity index (χ1n) is 9.03. The van der Waals surface area contributed by atoms with E-state index in [1.54, 1.807) is 36.9 Å². The molecule has 2 aromatic heterocycles. The van der Waals surface area contributed by atoms with Crippen molar-refractivity contribution in [3.8, 4) is 5.69 Å². The van der Waals surface area contributed by atoms with Gasteiger partial charge in [-0.3, -0.25) is 14.3 Å². The smallest absolute Gasteiger partial charge is 0.358 e. The van der Waals surface area contributed by atoms with Gasteiger partial charge in [-0.25, -0.2) is 14.5 Å². The van der Waals surface area contributed by atoms with Crippen LogP contribution >= 0.6 is 11.3 Å². The van der Waals surface area contributed by atoms with Crippen LogP contribution < -0.4 is 16.2 Å². The Balaban J connectivity index is 1.65. The summed E-state index contributed by atoms with van der Waals surface area (Å²) in [7, 11) is 1.72. The third-order valence-electron chi connectivity index (χ3n) is 4.26. The fourth-order valence-corrected chi connectivity index (χ4v) is 3.39. The molecule has 2 N–H and O–H groups in total. The van der Waals surface area contributed by atoms with Gasteiger partial charge in [0.2, 0.25) is 0 Å². The van der Waals surface area contributed by atoms with E-state index in [0.717, 1.165) is 0 Å². The maximum Gasteiger partial charge on any atom is 0.358 e. The van der Waals surface area contributed by atoms with Crippen LogP contribution in [0.5, 0.6) is 0 Å². The first-order chi connectivity index (χ1) is 14.4. The highest BCUT2D eigenvalue weighted by atomic mass is 32.1.